The molecule has 0 unspecified atom stereocenters. The van der Waals surface area contributed by atoms with Crippen LogP contribution in [0.5, 0.6) is 5.75 Å². The lowest BCUT2D eigenvalue weighted by atomic mass is 10.1. The van der Waals surface area contributed by atoms with Crippen LogP contribution in [0.25, 0.3) is 0 Å². The van der Waals surface area contributed by atoms with Gasteiger partial charge in [0.05, 0.1) is 13.5 Å². The minimum atomic E-state index is -0.351. The molecule has 2 aromatic rings. The minimum Gasteiger partial charge on any atom is -0.497 e. The summed E-state index contributed by atoms with van der Waals surface area (Å²) < 4.78 is 7.68. The van der Waals surface area contributed by atoms with E-state index in [9.17, 15) is 14.4 Å². The van der Waals surface area contributed by atoms with Crippen LogP contribution in [-0.4, -0.2) is 53.2 Å². The fourth-order valence-electron chi connectivity index (χ4n) is 3.24. The molecule has 1 saturated heterocycles. The van der Waals surface area contributed by atoms with E-state index in [0.717, 1.165) is 15.9 Å². The first-order valence-electron chi connectivity index (χ1n) is 8.83. The monoisotopic (exact) mass is 372 g/mol. The van der Waals surface area contributed by atoms with Crippen molar-refractivity contribution in [1.82, 2.24) is 14.0 Å². The molecule has 3 rings (SSSR count). The number of rotatable bonds is 4. The van der Waals surface area contributed by atoms with Gasteiger partial charge in [0.2, 0.25) is 5.91 Å². The second-order valence-electron chi connectivity index (χ2n) is 6.63. The first-order valence-corrected chi connectivity index (χ1v) is 8.83. The smallest absolute Gasteiger partial charge is 0.332 e. The molecule has 8 heteroatoms. The lowest BCUT2D eigenvalue weighted by Gasteiger charge is -2.36. The Morgan fingerprint density at radius 3 is 2.22 bits per heavy atom. The van der Waals surface area contributed by atoms with E-state index in [-0.39, 0.29) is 17.2 Å². The predicted molar refractivity (Wildman–Crippen MR) is 102 cm³/mol. The van der Waals surface area contributed by atoms with Gasteiger partial charge in [-0.05, 0) is 17.7 Å². The Balaban J connectivity index is 1.64. The molecule has 1 aliphatic rings. The van der Waals surface area contributed by atoms with Gasteiger partial charge in [-0.2, -0.15) is 0 Å². The summed E-state index contributed by atoms with van der Waals surface area (Å²) in [5, 5.41) is 0. The summed E-state index contributed by atoms with van der Waals surface area (Å²) in [5.41, 5.74) is 0.263. The Hall–Kier alpha value is -3.03. The Morgan fingerprint density at radius 1 is 1.00 bits per heavy atom. The second-order valence-corrected chi connectivity index (χ2v) is 6.63. The fourth-order valence-corrected chi connectivity index (χ4v) is 3.24. The van der Waals surface area contributed by atoms with Crippen molar-refractivity contribution >= 4 is 11.7 Å². The third kappa shape index (κ3) is 3.89. The highest BCUT2D eigenvalue weighted by molar-refractivity contribution is 5.79. The normalized spacial score (nSPS) is 14.3. The van der Waals surface area contributed by atoms with Crippen molar-refractivity contribution in [3.8, 4) is 5.75 Å². The van der Waals surface area contributed by atoms with Gasteiger partial charge in [0.25, 0.3) is 5.56 Å². The molecule has 1 amide bonds. The first kappa shape index (κ1) is 18.8. The molecule has 0 radical (unpaired) electrons. The molecule has 0 atom stereocenters. The van der Waals surface area contributed by atoms with E-state index in [1.54, 1.807) is 14.2 Å². The van der Waals surface area contributed by atoms with Gasteiger partial charge in [0.1, 0.15) is 11.6 Å². The number of carbonyl (C=O) groups excluding carboxylic acids is 1. The van der Waals surface area contributed by atoms with Gasteiger partial charge in [-0.3, -0.25) is 18.7 Å². The van der Waals surface area contributed by atoms with Crippen molar-refractivity contribution < 1.29 is 9.53 Å². The van der Waals surface area contributed by atoms with Crippen LogP contribution in [0, 0.1) is 0 Å². The van der Waals surface area contributed by atoms with Gasteiger partial charge < -0.3 is 14.5 Å². The molecule has 0 bridgehead atoms. The number of ether oxygens (including phenoxy) is 1. The number of carbonyl (C=O) groups is 1. The third-order valence-electron chi connectivity index (χ3n) is 4.97. The molecule has 1 aromatic heterocycles. The van der Waals surface area contributed by atoms with Crippen LogP contribution >= 0.6 is 0 Å². The van der Waals surface area contributed by atoms with Crippen LogP contribution in [0.3, 0.4) is 0 Å². The highest BCUT2D eigenvalue weighted by Gasteiger charge is 2.23. The Kier molecular flexibility index (Phi) is 5.34. The zero-order chi connectivity index (χ0) is 19.6. The number of nitrogens with zero attached hydrogens (tertiary/aromatic N) is 4. The molecular formula is C19H24N4O4. The molecule has 0 spiro atoms. The molecule has 0 saturated carbocycles. The Labute approximate surface area is 157 Å². The minimum absolute atomic E-state index is 0.0673. The predicted octanol–water partition coefficient (Wildman–Crippen LogP) is -0.0161. The van der Waals surface area contributed by atoms with Gasteiger partial charge >= 0.3 is 5.69 Å². The van der Waals surface area contributed by atoms with Crippen LogP contribution in [0.4, 0.5) is 5.82 Å². The van der Waals surface area contributed by atoms with Crippen LogP contribution in [0.1, 0.15) is 5.56 Å². The van der Waals surface area contributed by atoms with Gasteiger partial charge in [-0.15, -0.1) is 0 Å². The summed E-state index contributed by atoms with van der Waals surface area (Å²) >= 11 is 0. The van der Waals surface area contributed by atoms with E-state index in [1.807, 2.05) is 34.1 Å². The SMILES string of the molecule is COc1ccc(CC(=O)N2CCN(c3cc(=O)n(C)c(=O)n3C)CC2)cc1. The van der Waals surface area contributed by atoms with E-state index in [2.05, 4.69) is 0 Å². The maximum absolute atomic E-state index is 12.6. The van der Waals surface area contributed by atoms with Crippen molar-refractivity contribution in [2.24, 2.45) is 14.1 Å². The molecule has 1 aliphatic heterocycles. The number of methoxy groups -OCH3 is 1. The number of piperazine rings is 1. The van der Waals surface area contributed by atoms with Crippen molar-refractivity contribution in [2.45, 2.75) is 6.42 Å². The topological polar surface area (TPSA) is 76.8 Å². The van der Waals surface area contributed by atoms with Crippen LogP contribution in [-0.2, 0) is 25.3 Å². The number of hydrogen-bond donors (Lipinski definition) is 0. The van der Waals surface area contributed by atoms with Crippen LogP contribution in [0.2, 0.25) is 0 Å². The molecule has 144 valence electrons. The maximum atomic E-state index is 12.6. The third-order valence-corrected chi connectivity index (χ3v) is 4.97. The van der Waals surface area contributed by atoms with E-state index in [1.165, 1.54) is 17.7 Å². The highest BCUT2D eigenvalue weighted by Crippen LogP contribution is 2.15. The summed E-state index contributed by atoms with van der Waals surface area (Å²) in [6.45, 7) is 2.26. The zero-order valence-electron chi connectivity index (χ0n) is 15.8. The molecular weight excluding hydrogens is 348 g/mol. The molecule has 2 heterocycles. The Morgan fingerprint density at radius 2 is 1.63 bits per heavy atom. The lowest BCUT2D eigenvalue weighted by Crippen LogP contribution is -2.51. The molecule has 1 fully saturated rings. The lowest BCUT2D eigenvalue weighted by molar-refractivity contribution is -0.130. The standard InChI is InChI=1S/C19H24N4O4/c1-20-16(13-17(24)21(2)19(20)26)22-8-10-23(11-9-22)18(25)12-14-4-6-15(27-3)7-5-14/h4-7,13H,8-12H2,1-3H3. The highest BCUT2D eigenvalue weighted by atomic mass is 16.5. The molecule has 0 aliphatic carbocycles. The fraction of sp³-hybridized carbons (Fsp3) is 0.421. The average molecular weight is 372 g/mol. The molecule has 27 heavy (non-hydrogen) atoms. The Bertz CT molecular complexity index is 938. The van der Waals surface area contributed by atoms with E-state index >= 15 is 0 Å². The van der Waals surface area contributed by atoms with Crippen LogP contribution < -0.4 is 20.9 Å². The number of aromatic nitrogens is 2. The summed E-state index contributed by atoms with van der Waals surface area (Å²) in [6.07, 6.45) is 0.342. The van der Waals surface area contributed by atoms with Crippen molar-refractivity contribution in [3.63, 3.8) is 0 Å². The van der Waals surface area contributed by atoms with Gasteiger partial charge in [-0.1, -0.05) is 12.1 Å². The summed E-state index contributed by atoms with van der Waals surface area (Å²) in [7, 11) is 4.72. The molecule has 0 N–H and O–H groups in total. The van der Waals surface area contributed by atoms with Crippen molar-refractivity contribution in [1.29, 1.82) is 0 Å². The molecule has 1 aromatic carbocycles. The maximum Gasteiger partial charge on any atom is 0.332 e. The van der Waals surface area contributed by atoms with E-state index < -0.39 is 0 Å². The summed E-state index contributed by atoms with van der Waals surface area (Å²) in [5.74, 6) is 1.42. The van der Waals surface area contributed by atoms with E-state index in [0.29, 0.717) is 38.4 Å². The van der Waals surface area contributed by atoms with Gasteiger partial charge in [-0.25, -0.2) is 4.79 Å². The average Bonchev–Trinajstić information content (AvgIpc) is 2.70. The zero-order valence-corrected chi connectivity index (χ0v) is 15.8. The van der Waals surface area contributed by atoms with Crippen molar-refractivity contribution in [3.05, 3.63) is 56.7 Å². The van der Waals surface area contributed by atoms with Gasteiger partial charge in [0.15, 0.2) is 0 Å². The number of benzene rings is 1. The first-order chi connectivity index (χ1) is 12.9. The summed E-state index contributed by atoms with van der Waals surface area (Å²) in [6, 6.07) is 8.94. The quantitative estimate of drug-likeness (QED) is 0.754. The summed E-state index contributed by atoms with van der Waals surface area (Å²) in [4.78, 5) is 40.4. The van der Waals surface area contributed by atoms with Crippen molar-refractivity contribution in [2.75, 3.05) is 38.2 Å². The van der Waals surface area contributed by atoms with Gasteiger partial charge in [0, 0.05) is 46.3 Å². The van der Waals surface area contributed by atoms with Crippen LogP contribution in [0.15, 0.2) is 39.9 Å². The second kappa shape index (κ2) is 7.69. The number of anilines is 1. The molecule has 8 nitrogen and oxygen atoms in total. The largest absolute Gasteiger partial charge is 0.497 e. The van der Waals surface area contributed by atoms with E-state index in [4.69, 9.17) is 4.74 Å². The number of amides is 1. The number of hydrogen-bond acceptors (Lipinski definition) is 5.